The number of amides is 1. The number of aromatic nitrogens is 1. The maximum absolute atomic E-state index is 11.9. The molecular weight excluding hydrogens is 388 g/mol. The number of esters is 1. The quantitative estimate of drug-likeness (QED) is 0.409. The summed E-state index contributed by atoms with van der Waals surface area (Å²) in [5, 5.41) is 2.64. The lowest BCUT2D eigenvalue weighted by Gasteiger charge is -2.12. The summed E-state index contributed by atoms with van der Waals surface area (Å²) in [7, 11) is 4.50. The third-order valence-electron chi connectivity index (χ3n) is 3.51. The number of hydrogen-bond donors (Lipinski definition) is 1. The predicted molar refractivity (Wildman–Crippen MR) is 104 cm³/mol. The van der Waals surface area contributed by atoms with E-state index in [1.165, 1.54) is 39.7 Å². The molecule has 0 unspecified atom stereocenters. The number of methoxy groups -OCH3 is 3. The second kappa shape index (κ2) is 10.2. The molecule has 0 spiro atoms. The summed E-state index contributed by atoms with van der Waals surface area (Å²) in [6.45, 7) is -0.475. The number of nitrogens with one attached hydrogen (secondary N) is 1. The van der Waals surface area contributed by atoms with Crippen molar-refractivity contribution in [3.05, 3.63) is 47.3 Å². The smallest absolute Gasteiger partial charge is 0.331 e. The highest BCUT2D eigenvalue weighted by Gasteiger charge is 2.11. The maximum Gasteiger partial charge on any atom is 0.331 e. The number of anilines is 1. The van der Waals surface area contributed by atoms with Crippen LogP contribution in [0.4, 0.5) is 5.69 Å². The van der Waals surface area contributed by atoms with Crippen molar-refractivity contribution in [2.75, 3.05) is 33.3 Å². The Kier molecular flexibility index (Phi) is 7.65. The first-order chi connectivity index (χ1) is 13.5. The Morgan fingerprint density at radius 3 is 2.43 bits per heavy atom. The molecule has 0 fully saturated rings. The van der Waals surface area contributed by atoms with Gasteiger partial charge in [-0.05, 0) is 24.3 Å². The third kappa shape index (κ3) is 5.62. The topological polar surface area (TPSA) is 96.0 Å². The van der Waals surface area contributed by atoms with Crippen LogP contribution in [0.1, 0.15) is 5.56 Å². The summed E-state index contributed by atoms with van der Waals surface area (Å²) in [5.74, 6) is 0.198. The van der Waals surface area contributed by atoms with Crippen molar-refractivity contribution in [3.63, 3.8) is 0 Å². The van der Waals surface area contributed by atoms with E-state index < -0.39 is 18.5 Å². The van der Waals surface area contributed by atoms with Gasteiger partial charge in [0.05, 0.1) is 27.0 Å². The Morgan fingerprint density at radius 2 is 1.79 bits per heavy atom. The summed E-state index contributed by atoms with van der Waals surface area (Å²) in [6.07, 6.45) is 4.15. The van der Waals surface area contributed by atoms with Crippen LogP contribution < -0.4 is 19.5 Å². The maximum atomic E-state index is 11.9. The molecule has 1 aromatic heterocycles. The molecule has 28 heavy (non-hydrogen) atoms. The molecule has 8 nitrogen and oxygen atoms in total. The van der Waals surface area contributed by atoms with E-state index in [0.717, 1.165) is 0 Å². The number of carbonyl (C=O) groups is 2. The highest BCUT2D eigenvalue weighted by molar-refractivity contribution is 6.32. The minimum absolute atomic E-state index is 0.141. The minimum atomic E-state index is -0.704. The van der Waals surface area contributed by atoms with Crippen LogP contribution in [0.5, 0.6) is 17.2 Å². The molecule has 2 rings (SSSR count). The number of ether oxygens (including phenoxy) is 4. The second-order valence-corrected chi connectivity index (χ2v) is 5.64. The van der Waals surface area contributed by atoms with Crippen LogP contribution in [-0.2, 0) is 14.3 Å². The molecule has 1 aromatic carbocycles. The van der Waals surface area contributed by atoms with E-state index in [1.54, 1.807) is 24.3 Å². The van der Waals surface area contributed by atoms with Crippen molar-refractivity contribution in [1.29, 1.82) is 0 Å². The Bertz CT molecular complexity index is 885. The monoisotopic (exact) mass is 406 g/mol. The Balaban J connectivity index is 1.98. The van der Waals surface area contributed by atoms with Crippen molar-refractivity contribution >= 4 is 35.2 Å². The minimum Gasteiger partial charge on any atom is -0.496 e. The van der Waals surface area contributed by atoms with Gasteiger partial charge in [-0.1, -0.05) is 11.6 Å². The van der Waals surface area contributed by atoms with Crippen LogP contribution in [0.2, 0.25) is 5.15 Å². The Labute approximate surface area is 167 Å². The van der Waals surface area contributed by atoms with Gasteiger partial charge in [-0.2, -0.15) is 0 Å². The molecule has 0 bridgehead atoms. The summed E-state index contributed by atoms with van der Waals surface area (Å²) in [6, 6.07) is 6.48. The molecule has 1 heterocycles. The van der Waals surface area contributed by atoms with Crippen LogP contribution >= 0.6 is 11.6 Å². The number of benzene rings is 1. The molecule has 9 heteroatoms. The van der Waals surface area contributed by atoms with E-state index in [2.05, 4.69) is 10.3 Å². The van der Waals surface area contributed by atoms with Crippen LogP contribution in [0.25, 0.3) is 6.08 Å². The van der Waals surface area contributed by atoms with Gasteiger partial charge in [0.15, 0.2) is 23.3 Å². The molecular formula is C19H19ClN2O6. The standard InChI is InChI=1S/C19H19ClN2O6/c1-25-14-10-16(27-3)15(26-2)9-12(14)6-7-18(24)28-11-17(23)22-13-5-4-8-21-19(13)20/h4-10H,11H2,1-3H3,(H,22,23)/b7-6+. The molecule has 148 valence electrons. The Hall–Kier alpha value is -3.26. The van der Waals surface area contributed by atoms with E-state index in [9.17, 15) is 9.59 Å². The zero-order chi connectivity index (χ0) is 20.5. The van der Waals surface area contributed by atoms with E-state index in [0.29, 0.717) is 28.5 Å². The van der Waals surface area contributed by atoms with Crippen molar-refractivity contribution in [3.8, 4) is 17.2 Å². The first-order valence-electron chi connectivity index (χ1n) is 8.03. The molecule has 0 aliphatic carbocycles. The normalized spacial score (nSPS) is 10.4. The van der Waals surface area contributed by atoms with Crippen molar-refractivity contribution in [2.45, 2.75) is 0 Å². The summed E-state index contributed by atoms with van der Waals surface area (Å²) >= 11 is 5.85. The Morgan fingerprint density at radius 1 is 1.11 bits per heavy atom. The molecule has 0 atom stereocenters. The number of nitrogens with zero attached hydrogens (tertiary/aromatic N) is 1. The molecule has 1 amide bonds. The predicted octanol–water partition coefficient (Wildman–Crippen LogP) is 2.96. The average molecular weight is 407 g/mol. The lowest BCUT2D eigenvalue weighted by Crippen LogP contribution is -2.20. The van der Waals surface area contributed by atoms with Crippen LogP contribution in [0.15, 0.2) is 36.5 Å². The number of halogens is 1. The van der Waals surface area contributed by atoms with Gasteiger partial charge in [0.25, 0.3) is 5.91 Å². The van der Waals surface area contributed by atoms with E-state index in [1.807, 2.05) is 0 Å². The fourth-order valence-corrected chi connectivity index (χ4v) is 2.36. The molecule has 0 aliphatic rings. The van der Waals surface area contributed by atoms with Gasteiger partial charge in [0.1, 0.15) is 5.75 Å². The van der Waals surface area contributed by atoms with Crippen LogP contribution in [0.3, 0.4) is 0 Å². The zero-order valence-corrected chi connectivity index (χ0v) is 16.3. The summed E-state index contributed by atoms with van der Waals surface area (Å²) < 4.78 is 20.6. The lowest BCUT2D eigenvalue weighted by molar-refractivity contribution is -0.142. The molecule has 0 aliphatic heterocycles. The van der Waals surface area contributed by atoms with Crippen molar-refractivity contribution in [2.24, 2.45) is 0 Å². The molecule has 0 radical (unpaired) electrons. The first kappa shape index (κ1) is 21.0. The van der Waals surface area contributed by atoms with Crippen molar-refractivity contribution < 1.29 is 28.5 Å². The third-order valence-corrected chi connectivity index (χ3v) is 3.81. The van der Waals surface area contributed by atoms with Gasteiger partial charge in [0.2, 0.25) is 0 Å². The molecule has 0 saturated heterocycles. The first-order valence-corrected chi connectivity index (χ1v) is 8.41. The zero-order valence-electron chi connectivity index (χ0n) is 15.5. The van der Waals surface area contributed by atoms with E-state index >= 15 is 0 Å². The summed E-state index contributed by atoms with van der Waals surface area (Å²) in [4.78, 5) is 27.6. The largest absolute Gasteiger partial charge is 0.496 e. The van der Waals surface area contributed by atoms with E-state index in [-0.39, 0.29) is 5.15 Å². The number of hydrogen-bond acceptors (Lipinski definition) is 7. The summed E-state index contributed by atoms with van der Waals surface area (Å²) in [5.41, 5.74) is 0.902. The number of carbonyl (C=O) groups excluding carboxylic acids is 2. The average Bonchev–Trinajstić information content (AvgIpc) is 2.71. The van der Waals surface area contributed by atoms with E-state index in [4.69, 9.17) is 30.5 Å². The van der Waals surface area contributed by atoms with Gasteiger partial charge in [-0.25, -0.2) is 9.78 Å². The SMILES string of the molecule is COc1cc(OC)c(OC)cc1/C=C/C(=O)OCC(=O)Nc1cccnc1Cl. The lowest BCUT2D eigenvalue weighted by atomic mass is 10.1. The number of rotatable bonds is 8. The highest BCUT2D eigenvalue weighted by atomic mass is 35.5. The van der Waals surface area contributed by atoms with Crippen molar-refractivity contribution in [1.82, 2.24) is 4.98 Å². The molecule has 2 aromatic rings. The van der Waals surface area contributed by atoms with Gasteiger partial charge < -0.3 is 24.3 Å². The number of pyridine rings is 1. The van der Waals surface area contributed by atoms with Crippen LogP contribution in [0, 0.1) is 0 Å². The van der Waals surface area contributed by atoms with Gasteiger partial charge in [-0.15, -0.1) is 0 Å². The fourth-order valence-electron chi connectivity index (χ4n) is 2.19. The molecule has 1 N–H and O–H groups in total. The highest BCUT2D eigenvalue weighted by Crippen LogP contribution is 2.35. The van der Waals surface area contributed by atoms with Crippen LogP contribution in [-0.4, -0.2) is 44.8 Å². The van der Waals surface area contributed by atoms with Gasteiger partial charge in [0, 0.05) is 23.9 Å². The fraction of sp³-hybridized carbons (Fsp3) is 0.211. The van der Waals surface area contributed by atoms with Gasteiger partial charge in [-0.3, -0.25) is 4.79 Å². The molecule has 0 saturated carbocycles. The van der Waals surface area contributed by atoms with Gasteiger partial charge >= 0.3 is 5.97 Å². The second-order valence-electron chi connectivity index (χ2n) is 5.28.